The molecular formula is C19H18Cl2N2O2. The molecule has 0 spiro atoms. The molecule has 130 valence electrons. The van der Waals surface area contributed by atoms with E-state index in [4.69, 9.17) is 23.2 Å². The first-order chi connectivity index (χ1) is 11.9. The average Bonchev–Trinajstić information content (AvgIpc) is 2.91. The number of anilines is 1. The zero-order chi connectivity index (χ0) is 18.0. The molecule has 25 heavy (non-hydrogen) atoms. The third-order valence-electron chi connectivity index (χ3n) is 4.23. The van der Waals surface area contributed by atoms with Gasteiger partial charge >= 0.3 is 0 Å². The van der Waals surface area contributed by atoms with Crippen LogP contribution in [0.1, 0.15) is 17.5 Å². The van der Waals surface area contributed by atoms with Gasteiger partial charge in [-0.2, -0.15) is 0 Å². The number of carbonyl (C=O) groups excluding carboxylic acids is 2. The summed E-state index contributed by atoms with van der Waals surface area (Å²) < 4.78 is 0. The summed E-state index contributed by atoms with van der Waals surface area (Å²) in [6.45, 7) is 2.94. The van der Waals surface area contributed by atoms with Crippen LogP contribution in [0.15, 0.2) is 42.5 Å². The van der Waals surface area contributed by atoms with Gasteiger partial charge in [-0.05, 0) is 30.7 Å². The Morgan fingerprint density at radius 3 is 2.76 bits per heavy atom. The number of hydrogen-bond acceptors (Lipinski definition) is 2. The van der Waals surface area contributed by atoms with Gasteiger partial charge in [0.25, 0.3) is 0 Å². The first kappa shape index (κ1) is 17.8. The minimum Gasteiger partial charge on any atom is -0.338 e. The number of aryl methyl sites for hydroxylation is 1. The van der Waals surface area contributed by atoms with Crippen molar-refractivity contribution in [1.82, 2.24) is 4.90 Å². The molecule has 0 bridgehead atoms. The molecule has 0 aromatic heterocycles. The zero-order valence-electron chi connectivity index (χ0n) is 13.8. The molecule has 1 fully saturated rings. The molecule has 1 aliphatic rings. The molecule has 3 rings (SSSR count). The molecule has 2 amide bonds. The van der Waals surface area contributed by atoms with Crippen LogP contribution in [-0.4, -0.2) is 23.3 Å². The van der Waals surface area contributed by atoms with Gasteiger partial charge in [0.1, 0.15) is 0 Å². The van der Waals surface area contributed by atoms with Crippen molar-refractivity contribution in [3.8, 4) is 0 Å². The van der Waals surface area contributed by atoms with Gasteiger partial charge in [-0.15, -0.1) is 0 Å². The van der Waals surface area contributed by atoms with Crippen molar-refractivity contribution in [3.63, 3.8) is 0 Å². The predicted molar refractivity (Wildman–Crippen MR) is 99.8 cm³/mol. The van der Waals surface area contributed by atoms with Crippen LogP contribution in [0.25, 0.3) is 0 Å². The average molecular weight is 377 g/mol. The fraction of sp³-hybridized carbons (Fsp3) is 0.263. The van der Waals surface area contributed by atoms with Crippen molar-refractivity contribution in [2.24, 2.45) is 5.92 Å². The number of hydrogen-bond donors (Lipinski definition) is 1. The van der Waals surface area contributed by atoms with Crippen molar-refractivity contribution >= 4 is 40.7 Å². The maximum atomic E-state index is 12.5. The maximum Gasteiger partial charge on any atom is 0.229 e. The lowest BCUT2D eigenvalue weighted by Crippen LogP contribution is -2.28. The molecule has 0 radical (unpaired) electrons. The fourth-order valence-corrected chi connectivity index (χ4v) is 3.41. The minimum atomic E-state index is -0.385. The number of carbonyl (C=O) groups is 2. The number of amides is 2. The highest BCUT2D eigenvalue weighted by Gasteiger charge is 2.34. The highest BCUT2D eigenvalue weighted by molar-refractivity contribution is 6.36. The number of nitrogens with one attached hydrogen (secondary N) is 1. The zero-order valence-corrected chi connectivity index (χ0v) is 15.3. The highest BCUT2D eigenvalue weighted by Crippen LogP contribution is 2.27. The number of likely N-dealkylation sites (tertiary alicyclic amines) is 1. The second kappa shape index (κ2) is 7.46. The Kier molecular flexibility index (Phi) is 5.30. The molecule has 1 unspecified atom stereocenters. The summed E-state index contributed by atoms with van der Waals surface area (Å²) in [7, 11) is 0. The summed E-state index contributed by atoms with van der Waals surface area (Å²) >= 11 is 11.9. The number of halogens is 2. The molecule has 2 aromatic carbocycles. The topological polar surface area (TPSA) is 49.4 Å². The largest absolute Gasteiger partial charge is 0.338 e. The Balaban J connectivity index is 1.64. The number of nitrogens with zero attached hydrogens (tertiary/aromatic N) is 1. The fourth-order valence-electron chi connectivity index (χ4n) is 2.96. The lowest BCUT2D eigenvalue weighted by molar-refractivity contribution is -0.128. The summed E-state index contributed by atoms with van der Waals surface area (Å²) in [6.07, 6.45) is 0.211. The van der Waals surface area contributed by atoms with E-state index in [1.54, 1.807) is 23.1 Å². The minimum absolute atomic E-state index is 0.0103. The molecule has 1 saturated heterocycles. The first-order valence-corrected chi connectivity index (χ1v) is 8.77. The lowest BCUT2D eigenvalue weighted by Gasteiger charge is -2.17. The normalized spacial score (nSPS) is 17.0. The molecule has 0 aliphatic carbocycles. The van der Waals surface area contributed by atoms with Crippen molar-refractivity contribution in [2.45, 2.75) is 19.9 Å². The van der Waals surface area contributed by atoms with E-state index in [0.29, 0.717) is 28.8 Å². The summed E-state index contributed by atoms with van der Waals surface area (Å²) in [6, 6.07) is 12.9. The number of rotatable bonds is 4. The molecule has 1 N–H and O–H groups in total. The SMILES string of the molecule is Cc1cccc(CN2CC(C(=O)Nc3ccc(Cl)cc3Cl)CC2=O)c1. The third-order valence-corrected chi connectivity index (χ3v) is 4.78. The van der Waals surface area contributed by atoms with Crippen LogP contribution >= 0.6 is 23.2 Å². The first-order valence-electron chi connectivity index (χ1n) is 8.01. The van der Waals surface area contributed by atoms with Crippen molar-refractivity contribution in [3.05, 3.63) is 63.6 Å². The third kappa shape index (κ3) is 4.33. The molecule has 1 atom stereocenters. The van der Waals surface area contributed by atoms with Crippen molar-refractivity contribution < 1.29 is 9.59 Å². The molecule has 1 heterocycles. The highest BCUT2D eigenvalue weighted by atomic mass is 35.5. The van der Waals surface area contributed by atoms with Crippen molar-refractivity contribution in [2.75, 3.05) is 11.9 Å². The van der Waals surface area contributed by atoms with Gasteiger partial charge in [-0.3, -0.25) is 9.59 Å². The lowest BCUT2D eigenvalue weighted by atomic mass is 10.1. The van der Waals surface area contributed by atoms with Crippen LogP contribution in [0.4, 0.5) is 5.69 Å². The van der Waals surface area contributed by atoms with E-state index in [9.17, 15) is 9.59 Å². The van der Waals surface area contributed by atoms with Crippen LogP contribution in [-0.2, 0) is 16.1 Å². The molecular weight excluding hydrogens is 359 g/mol. The quantitative estimate of drug-likeness (QED) is 0.864. The monoisotopic (exact) mass is 376 g/mol. The summed E-state index contributed by atoms with van der Waals surface area (Å²) in [5, 5.41) is 3.66. The smallest absolute Gasteiger partial charge is 0.229 e. The second-order valence-electron chi connectivity index (χ2n) is 6.28. The van der Waals surface area contributed by atoms with Crippen LogP contribution in [0.3, 0.4) is 0 Å². The molecule has 4 nitrogen and oxygen atoms in total. The Bertz CT molecular complexity index is 823. The Labute approximate surface area is 156 Å². The Morgan fingerprint density at radius 1 is 1.24 bits per heavy atom. The van der Waals surface area contributed by atoms with Gasteiger partial charge in [0, 0.05) is 24.5 Å². The number of benzene rings is 2. The summed E-state index contributed by atoms with van der Waals surface area (Å²) in [5.41, 5.74) is 2.71. The van der Waals surface area contributed by atoms with Gasteiger partial charge in [0.05, 0.1) is 16.6 Å². The molecule has 2 aromatic rings. The van der Waals surface area contributed by atoms with Gasteiger partial charge < -0.3 is 10.2 Å². The second-order valence-corrected chi connectivity index (χ2v) is 7.12. The van der Waals surface area contributed by atoms with Crippen LogP contribution in [0.2, 0.25) is 10.0 Å². The van der Waals surface area contributed by atoms with Gasteiger partial charge in [-0.25, -0.2) is 0 Å². The molecule has 1 aliphatic heterocycles. The predicted octanol–water partition coefficient (Wildman–Crippen LogP) is 4.29. The Morgan fingerprint density at radius 2 is 2.04 bits per heavy atom. The van der Waals surface area contributed by atoms with E-state index in [2.05, 4.69) is 5.32 Å². The van der Waals surface area contributed by atoms with E-state index < -0.39 is 0 Å². The van der Waals surface area contributed by atoms with Gasteiger partial charge in [0.15, 0.2) is 0 Å². The summed E-state index contributed by atoms with van der Waals surface area (Å²) in [4.78, 5) is 26.4. The standard InChI is InChI=1S/C19H18Cl2N2O2/c1-12-3-2-4-13(7-12)10-23-11-14(8-18(23)24)19(25)22-17-6-5-15(20)9-16(17)21/h2-7,9,14H,8,10-11H2,1H3,(H,22,25). The summed E-state index contributed by atoms with van der Waals surface area (Å²) in [5.74, 6) is -0.600. The van der Waals surface area contributed by atoms with Crippen LogP contribution < -0.4 is 5.32 Å². The Hall–Kier alpha value is -2.04. The van der Waals surface area contributed by atoms with E-state index in [1.807, 2.05) is 31.2 Å². The van der Waals surface area contributed by atoms with E-state index in [1.165, 1.54) is 0 Å². The van der Waals surface area contributed by atoms with Crippen molar-refractivity contribution in [1.29, 1.82) is 0 Å². The van der Waals surface area contributed by atoms with Gasteiger partial charge in [-0.1, -0.05) is 53.0 Å². The van der Waals surface area contributed by atoms with E-state index in [-0.39, 0.29) is 24.2 Å². The molecule has 6 heteroatoms. The van der Waals surface area contributed by atoms with E-state index in [0.717, 1.165) is 11.1 Å². The van der Waals surface area contributed by atoms with Gasteiger partial charge in [0.2, 0.25) is 11.8 Å². The maximum absolute atomic E-state index is 12.5. The molecule has 0 saturated carbocycles. The van der Waals surface area contributed by atoms with Crippen LogP contribution in [0, 0.1) is 12.8 Å². The van der Waals surface area contributed by atoms with E-state index >= 15 is 0 Å². The van der Waals surface area contributed by atoms with Crippen LogP contribution in [0.5, 0.6) is 0 Å².